The van der Waals surface area contributed by atoms with Gasteiger partial charge >= 0.3 is 0 Å². The maximum atomic E-state index is 5.21. The summed E-state index contributed by atoms with van der Waals surface area (Å²) in [4.78, 5) is 2.27. The van der Waals surface area contributed by atoms with Crippen molar-refractivity contribution in [3.8, 4) is 16.9 Å². The number of rotatable bonds is 2. The maximum Gasteiger partial charge on any atom is 0.118 e. The molecule has 0 fully saturated rings. The van der Waals surface area contributed by atoms with Crippen LogP contribution in [0.4, 0.5) is 5.69 Å². The number of ether oxygens (including phenoxy) is 1. The van der Waals surface area contributed by atoms with E-state index < -0.39 is 0 Å². The van der Waals surface area contributed by atoms with Crippen LogP contribution >= 0.6 is 0 Å². The molecule has 0 amide bonds. The lowest BCUT2D eigenvalue weighted by Gasteiger charge is -2.25. The molecule has 0 aliphatic carbocycles. The van der Waals surface area contributed by atoms with Crippen LogP contribution in [-0.4, -0.2) is 20.7 Å². The summed E-state index contributed by atoms with van der Waals surface area (Å²) in [6.07, 6.45) is 4.42. The molecule has 2 aromatic carbocycles. The molecule has 0 unspecified atom stereocenters. The lowest BCUT2D eigenvalue weighted by Crippen LogP contribution is -2.20. The molecular weight excluding hydrogens is 234 g/mol. The van der Waals surface area contributed by atoms with E-state index in [-0.39, 0.29) is 0 Å². The average Bonchev–Trinajstić information content (AvgIpc) is 2.47. The van der Waals surface area contributed by atoms with Gasteiger partial charge in [-0.15, -0.1) is 0 Å². The smallest absolute Gasteiger partial charge is 0.118 e. The average molecular weight is 251 g/mol. The molecule has 1 heterocycles. The van der Waals surface area contributed by atoms with Gasteiger partial charge in [-0.3, -0.25) is 0 Å². The standard InChI is InChI=1S/C17H17NO/c1-18-12-4-6-16-15(5-3-7-17(16)18)13-8-10-14(19-2)11-9-13/h3-11H,12H2,1-2H3. The monoisotopic (exact) mass is 251 g/mol. The van der Waals surface area contributed by atoms with Crippen LogP contribution in [0.25, 0.3) is 17.2 Å². The second-order valence-electron chi connectivity index (χ2n) is 4.75. The minimum atomic E-state index is 0.890. The van der Waals surface area contributed by atoms with Crippen molar-refractivity contribution in [3.63, 3.8) is 0 Å². The highest BCUT2D eigenvalue weighted by molar-refractivity contribution is 5.85. The third-order valence-electron chi connectivity index (χ3n) is 3.56. The highest BCUT2D eigenvalue weighted by Crippen LogP contribution is 2.34. The van der Waals surface area contributed by atoms with Gasteiger partial charge in [-0.05, 0) is 29.3 Å². The zero-order valence-corrected chi connectivity index (χ0v) is 11.3. The first-order valence-electron chi connectivity index (χ1n) is 6.45. The molecule has 2 heteroatoms. The van der Waals surface area contributed by atoms with Crippen molar-refractivity contribution in [3.05, 3.63) is 54.1 Å². The Hall–Kier alpha value is -2.22. The van der Waals surface area contributed by atoms with Gasteiger partial charge in [0.15, 0.2) is 0 Å². The summed E-state index contributed by atoms with van der Waals surface area (Å²) in [5.41, 5.74) is 5.07. The molecular formula is C17H17NO. The summed E-state index contributed by atoms with van der Waals surface area (Å²) in [5.74, 6) is 0.890. The van der Waals surface area contributed by atoms with Crippen molar-refractivity contribution >= 4 is 11.8 Å². The molecule has 1 aliphatic rings. The van der Waals surface area contributed by atoms with Crippen molar-refractivity contribution in [2.75, 3.05) is 25.6 Å². The molecule has 3 rings (SSSR count). The molecule has 1 aliphatic heterocycles. The number of likely N-dealkylation sites (N-methyl/N-ethyl adjacent to an activating group) is 1. The molecule has 0 saturated carbocycles. The summed E-state index contributed by atoms with van der Waals surface area (Å²) in [6.45, 7) is 0.971. The predicted molar refractivity (Wildman–Crippen MR) is 80.7 cm³/mol. The Morgan fingerprint density at radius 2 is 1.84 bits per heavy atom. The summed E-state index contributed by atoms with van der Waals surface area (Å²) < 4.78 is 5.21. The second-order valence-corrected chi connectivity index (χ2v) is 4.75. The summed E-state index contributed by atoms with van der Waals surface area (Å²) in [7, 11) is 3.82. The first-order valence-corrected chi connectivity index (χ1v) is 6.45. The molecule has 0 atom stereocenters. The van der Waals surface area contributed by atoms with Gasteiger partial charge in [0.2, 0.25) is 0 Å². The Labute approximate surface area is 113 Å². The summed E-state index contributed by atoms with van der Waals surface area (Å²) in [6, 6.07) is 14.7. The predicted octanol–water partition coefficient (Wildman–Crippen LogP) is 3.83. The Morgan fingerprint density at radius 3 is 2.58 bits per heavy atom. The Morgan fingerprint density at radius 1 is 1.05 bits per heavy atom. The highest BCUT2D eigenvalue weighted by atomic mass is 16.5. The van der Waals surface area contributed by atoms with Gasteiger partial charge in [0.05, 0.1) is 7.11 Å². The molecule has 2 nitrogen and oxygen atoms in total. The van der Waals surface area contributed by atoms with Crippen molar-refractivity contribution in [1.29, 1.82) is 0 Å². The summed E-state index contributed by atoms with van der Waals surface area (Å²) in [5, 5.41) is 0. The van der Waals surface area contributed by atoms with E-state index in [1.165, 1.54) is 22.4 Å². The van der Waals surface area contributed by atoms with Crippen LogP contribution in [0.15, 0.2) is 48.5 Å². The van der Waals surface area contributed by atoms with E-state index in [9.17, 15) is 0 Å². The molecule has 0 bridgehead atoms. The first-order chi connectivity index (χ1) is 9.29. The van der Waals surface area contributed by atoms with Crippen molar-refractivity contribution in [1.82, 2.24) is 0 Å². The molecule has 96 valence electrons. The third kappa shape index (κ3) is 2.10. The number of hydrogen-bond acceptors (Lipinski definition) is 2. The normalized spacial score (nSPS) is 13.3. The fourth-order valence-corrected chi connectivity index (χ4v) is 2.51. The number of benzene rings is 2. The zero-order chi connectivity index (χ0) is 13.2. The van der Waals surface area contributed by atoms with Crippen molar-refractivity contribution in [2.45, 2.75) is 0 Å². The minimum Gasteiger partial charge on any atom is -0.497 e. The number of nitrogens with zero attached hydrogens (tertiary/aromatic N) is 1. The zero-order valence-electron chi connectivity index (χ0n) is 11.3. The van der Waals surface area contributed by atoms with Gasteiger partial charge in [0.1, 0.15) is 5.75 Å². The van der Waals surface area contributed by atoms with Gasteiger partial charge in [0, 0.05) is 24.8 Å². The van der Waals surface area contributed by atoms with Crippen LogP contribution in [0, 0.1) is 0 Å². The van der Waals surface area contributed by atoms with E-state index in [4.69, 9.17) is 4.74 Å². The first kappa shape index (κ1) is 11.8. The third-order valence-corrected chi connectivity index (χ3v) is 3.56. The van der Waals surface area contributed by atoms with Gasteiger partial charge < -0.3 is 9.64 Å². The van der Waals surface area contributed by atoms with Crippen LogP contribution in [-0.2, 0) is 0 Å². The van der Waals surface area contributed by atoms with Gasteiger partial charge in [-0.25, -0.2) is 0 Å². The van der Waals surface area contributed by atoms with E-state index >= 15 is 0 Å². The molecule has 0 saturated heterocycles. The van der Waals surface area contributed by atoms with E-state index in [0.29, 0.717) is 0 Å². The molecule has 0 aromatic heterocycles. The minimum absolute atomic E-state index is 0.890. The van der Waals surface area contributed by atoms with Crippen molar-refractivity contribution < 1.29 is 4.74 Å². The van der Waals surface area contributed by atoms with Gasteiger partial charge in [0.25, 0.3) is 0 Å². The number of fused-ring (bicyclic) bond motifs is 1. The lowest BCUT2D eigenvalue weighted by molar-refractivity contribution is 0.415. The van der Waals surface area contributed by atoms with Gasteiger partial charge in [-0.2, -0.15) is 0 Å². The quantitative estimate of drug-likeness (QED) is 0.804. The topological polar surface area (TPSA) is 12.5 Å². The molecule has 0 N–H and O–H groups in total. The fraction of sp³-hybridized carbons (Fsp3) is 0.176. The second kappa shape index (κ2) is 4.81. The summed E-state index contributed by atoms with van der Waals surface area (Å²) >= 11 is 0. The van der Waals surface area contributed by atoms with Crippen LogP contribution in [0.5, 0.6) is 5.75 Å². The van der Waals surface area contributed by atoms with E-state index in [1.54, 1.807) is 7.11 Å². The van der Waals surface area contributed by atoms with E-state index in [1.807, 2.05) is 12.1 Å². The van der Waals surface area contributed by atoms with Crippen LogP contribution in [0.1, 0.15) is 5.56 Å². The largest absolute Gasteiger partial charge is 0.497 e. The molecule has 19 heavy (non-hydrogen) atoms. The number of methoxy groups -OCH3 is 1. The molecule has 0 radical (unpaired) electrons. The van der Waals surface area contributed by atoms with Crippen LogP contribution in [0.2, 0.25) is 0 Å². The van der Waals surface area contributed by atoms with Crippen LogP contribution < -0.4 is 9.64 Å². The Bertz CT molecular complexity index is 614. The molecule has 0 spiro atoms. The molecule has 2 aromatic rings. The van der Waals surface area contributed by atoms with Gasteiger partial charge in [-0.1, -0.05) is 36.4 Å². The van der Waals surface area contributed by atoms with Crippen LogP contribution in [0.3, 0.4) is 0 Å². The van der Waals surface area contributed by atoms with Crippen molar-refractivity contribution in [2.24, 2.45) is 0 Å². The number of hydrogen-bond donors (Lipinski definition) is 0. The maximum absolute atomic E-state index is 5.21. The SMILES string of the molecule is COc1ccc(-c2cccc3c2C=CCN3C)cc1. The number of anilines is 1. The van der Waals surface area contributed by atoms with E-state index in [0.717, 1.165) is 12.3 Å². The fourth-order valence-electron chi connectivity index (χ4n) is 2.51. The van der Waals surface area contributed by atoms with E-state index in [2.05, 4.69) is 54.4 Å². The Kier molecular flexibility index (Phi) is 3.00. The lowest BCUT2D eigenvalue weighted by atomic mass is 9.96. The highest BCUT2D eigenvalue weighted by Gasteiger charge is 2.13. The Balaban J connectivity index is 2.10.